The molecule has 1 atom stereocenters. The molecule has 3 N–H and O–H groups in total. The second-order valence-electron chi connectivity index (χ2n) is 8.74. The standard InChI is InChI=1S/C26H27N7O5.ClH/c1-37-21-9-10-22(31-24(21)38-2)30-20-12-19(14-32-23(20)28-15-29-32)33(25(34)17-4-3-11-27-13-17)18-7-5-16(6-8-18)26(35)36;/h5-10,12,14-15,17,27H,3-4,11,13H2,1-2H3,(H,30,31)(H,35,36);1H. The van der Waals surface area contributed by atoms with Crippen molar-refractivity contribution in [1.29, 1.82) is 0 Å². The summed E-state index contributed by atoms with van der Waals surface area (Å²) in [5.74, 6) is -0.102. The number of anilines is 4. The molecular formula is C26H28ClN7O5. The molecule has 1 aliphatic heterocycles. The number of amides is 1. The first-order valence-electron chi connectivity index (χ1n) is 12.1. The number of rotatable bonds is 8. The fraction of sp³-hybridized carbons (Fsp3) is 0.269. The van der Waals surface area contributed by atoms with Crippen LogP contribution in [0.2, 0.25) is 0 Å². The Balaban J connectivity index is 0.00000353. The molecule has 1 amide bonds. The number of ether oxygens (including phenoxy) is 2. The van der Waals surface area contributed by atoms with Gasteiger partial charge in [-0.3, -0.25) is 9.69 Å². The molecule has 1 saturated heterocycles. The van der Waals surface area contributed by atoms with E-state index in [0.29, 0.717) is 46.7 Å². The summed E-state index contributed by atoms with van der Waals surface area (Å²) in [6.45, 7) is 1.43. The number of halogens is 1. The van der Waals surface area contributed by atoms with E-state index in [9.17, 15) is 14.7 Å². The molecule has 0 bridgehead atoms. The lowest BCUT2D eigenvalue weighted by Crippen LogP contribution is -2.41. The maximum atomic E-state index is 13.9. The minimum atomic E-state index is -1.04. The van der Waals surface area contributed by atoms with Crippen molar-refractivity contribution in [3.8, 4) is 11.6 Å². The van der Waals surface area contributed by atoms with Crippen LogP contribution in [0, 0.1) is 5.92 Å². The van der Waals surface area contributed by atoms with Crippen molar-refractivity contribution in [2.45, 2.75) is 12.8 Å². The van der Waals surface area contributed by atoms with E-state index in [0.717, 1.165) is 19.4 Å². The Morgan fingerprint density at radius 1 is 1.13 bits per heavy atom. The monoisotopic (exact) mass is 553 g/mol. The number of hydrogen-bond donors (Lipinski definition) is 3. The van der Waals surface area contributed by atoms with Gasteiger partial charge in [-0.25, -0.2) is 14.3 Å². The minimum Gasteiger partial charge on any atom is -0.491 e. The number of carbonyl (C=O) groups excluding carboxylic acids is 1. The van der Waals surface area contributed by atoms with Gasteiger partial charge in [-0.1, -0.05) is 0 Å². The highest BCUT2D eigenvalue weighted by Gasteiger charge is 2.29. The molecule has 13 heteroatoms. The summed E-state index contributed by atoms with van der Waals surface area (Å²) in [7, 11) is 3.04. The second-order valence-corrected chi connectivity index (χ2v) is 8.74. The summed E-state index contributed by atoms with van der Waals surface area (Å²) in [5, 5.41) is 20.2. The highest BCUT2D eigenvalue weighted by molar-refractivity contribution is 6.03. The number of methoxy groups -OCH3 is 2. The van der Waals surface area contributed by atoms with Gasteiger partial charge in [-0.15, -0.1) is 12.4 Å². The Hall–Kier alpha value is -4.42. The zero-order valence-corrected chi connectivity index (χ0v) is 22.1. The van der Waals surface area contributed by atoms with Gasteiger partial charge in [0.15, 0.2) is 11.4 Å². The van der Waals surface area contributed by atoms with E-state index in [4.69, 9.17) is 9.47 Å². The highest BCUT2D eigenvalue weighted by Crippen LogP contribution is 2.34. The van der Waals surface area contributed by atoms with Crippen LogP contribution in [0.25, 0.3) is 5.65 Å². The third kappa shape index (κ3) is 5.71. The van der Waals surface area contributed by atoms with Crippen molar-refractivity contribution in [2.24, 2.45) is 5.92 Å². The van der Waals surface area contributed by atoms with Crippen LogP contribution in [0.5, 0.6) is 11.6 Å². The van der Waals surface area contributed by atoms with Crippen LogP contribution in [0.15, 0.2) is 55.0 Å². The Morgan fingerprint density at radius 3 is 2.59 bits per heavy atom. The molecule has 39 heavy (non-hydrogen) atoms. The van der Waals surface area contributed by atoms with Gasteiger partial charge in [-0.05, 0) is 61.9 Å². The molecule has 0 saturated carbocycles. The van der Waals surface area contributed by atoms with Crippen molar-refractivity contribution in [1.82, 2.24) is 24.9 Å². The lowest BCUT2D eigenvalue weighted by Gasteiger charge is -2.30. The SMILES string of the molecule is COc1ccc(Nc2cc(N(C(=O)C3CCCNC3)c3ccc(C(=O)O)cc3)cn3ncnc23)nc1OC.Cl. The largest absolute Gasteiger partial charge is 0.491 e. The van der Waals surface area contributed by atoms with E-state index in [-0.39, 0.29) is 29.8 Å². The molecule has 3 aromatic heterocycles. The van der Waals surface area contributed by atoms with Gasteiger partial charge in [-0.2, -0.15) is 10.1 Å². The first-order chi connectivity index (χ1) is 18.5. The average molecular weight is 554 g/mol. The van der Waals surface area contributed by atoms with Gasteiger partial charge in [0, 0.05) is 12.2 Å². The van der Waals surface area contributed by atoms with Crippen LogP contribution in [0.4, 0.5) is 22.9 Å². The number of hydrogen-bond acceptors (Lipinski definition) is 9. The van der Waals surface area contributed by atoms with E-state index in [1.807, 2.05) is 0 Å². The van der Waals surface area contributed by atoms with Crippen LogP contribution in [0.3, 0.4) is 0 Å². The smallest absolute Gasteiger partial charge is 0.335 e. The molecule has 12 nitrogen and oxygen atoms in total. The fourth-order valence-electron chi connectivity index (χ4n) is 4.47. The zero-order chi connectivity index (χ0) is 26.6. The second kappa shape index (κ2) is 12.0. The number of carboxylic acids is 1. The number of nitrogens with zero attached hydrogens (tertiary/aromatic N) is 5. The quantitative estimate of drug-likeness (QED) is 0.295. The molecule has 1 aromatic carbocycles. The molecule has 0 spiro atoms. The first-order valence-corrected chi connectivity index (χ1v) is 12.1. The van der Waals surface area contributed by atoms with Gasteiger partial charge in [0.2, 0.25) is 5.91 Å². The van der Waals surface area contributed by atoms with Crippen LogP contribution < -0.4 is 25.0 Å². The molecule has 204 valence electrons. The average Bonchev–Trinajstić information content (AvgIpc) is 3.43. The maximum Gasteiger partial charge on any atom is 0.335 e. The van der Waals surface area contributed by atoms with Crippen LogP contribution >= 0.6 is 12.4 Å². The van der Waals surface area contributed by atoms with E-state index >= 15 is 0 Å². The lowest BCUT2D eigenvalue weighted by molar-refractivity contribution is -0.122. The van der Waals surface area contributed by atoms with Gasteiger partial charge >= 0.3 is 5.97 Å². The molecule has 1 fully saturated rings. The first kappa shape index (κ1) is 27.6. The number of pyridine rings is 2. The minimum absolute atomic E-state index is 0. The van der Waals surface area contributed by atoms with Crippen LogP contribution in [-0.4, -0.2) is 63.9 Å². The molecule has 4 heterocycles. The molecule has 4 aromatic rings. The molecule has 1 aliphatic rings. The Labute approximate surface area is 230 Å². The summed E-state index contributed by atoms with van der Waals surface area (Å²) >= 11 is 0. The highest BCUT2D eigenvalue weighted by atomic mass is 35.5. The van der Waals surface area contributed by atoms with E-state index in [1.54, 1.807) is 45.9 Å². The number of piperidine rings is 1. The summed E-state index contributed by atoms with van der Waals surface area (Å²) in [4.78, 5) is 35.7. The molecular weight excluding hydrogens is 526 g/mol. The third-order valence-corrected chi connectivity index (χ3v) is 6.36. The number of fused-ring (bicyclic) bond motifs is 1. The van der Waals surface area contributed by atoms with Crippen LogP contribution in [0.1, 0.15) is 23.2 Å². The topological polar surface area (TPSA) is 143 Å². The van der Waals surface area contributed by atoms with Crippen molar-refractivity contribution in [2.75, 3.05) is 37.5 Å². The van der Waals surface area contributed by atoms with E-state index in [2.05, 4.69) is 25.7 Å². The summed E-state index contributed by atoms with van der Waals surface area (Å²) in [6, 6.07) is 11.5. The maximum absolute atomic E-state index is 13.9. The van der Waals surface area contributed by atoms with Crippen molar-refractivity contribution in [3.05, 3.63) is 60.6 Å². The number of carboxylic acid groups (broad SMARTS) is 1. The Morgan fingerprint density at radius 2 is 1.92 bits per heavy atom. The number of aromatic nitrogens is 4. The summed E-state index contributed by atoms with van der Waals surface area (Å²) < 4.78 is 12.2. The predicted molar refractivity (Wildman–Crippen MR) is 147 cm³/mol. The molecule has 0 aliphatic carbocycles. The number of benzene rings is 1. The van der Waals surface area contributed by atoms with Gasteiger partial charge < -0.3 is 25.2 Å². The Kier molecular flexibility index (Phi) is 8.47. The molecule has 0 radical (unpaired) electrons. The van der Waals surface area contributed by atoms with Crippen molar-refractivity contribution in [3.63, 3.8) is 0 Å². The molecule has 5 rings (SSSR count). The normalized spacial score (nSPS) is 14.8. The zero-order valence-electron chi connectivity index (χ0n) is 21.3. The number of carbonyl (C=O) groups is 2. The summed E-state index contributed by atoms with van der Waals surface area (Å²) in [5.41, 5.74) is 2.29. The van der Waals surface area contributed by atoms with Crippen LogP contribution in [-0.2, 0) is 4.79 Å². The Bertz CT molecular complexity index is 1470. The third-order valence-electron chi connectivity index (χ3n) is 6.36. The number of nitrogens with one attached hydrogen (secondary N) is 2. The van der Waals surface area contributed by atoms with Crippen molar-refractivity contribution < 1.29 is 24.2 Å². The van der Waals surface area contributed by atoms with E-state index < -0.39 is 5.97 Å². The summed E-state index contributed by atoms with van der Waals surface area (Å²) in [6.07, 6.45) is 4.78. The lowest BCUT2D eigenvalue weighted by atomic mass is 9.97. The van der Waals surface area contributed by atoms with Crippen molar-refractivity contribution >= 4 is 52.8 Å². The fourth-order valence-corrected chi connectivity index (χ4v) is 4.47. The number of aromatic carboxylic acids is 1. The predicted octanol–water partition coefficient (Wildman–Crippen LogP) is 3.67. The molecule has 1 unspecified atom stereocenters. The van der Waals surface area contributed by atoms with Gasteiger partial charge in [0.05, 0.1) is 43.3 Å². The van der Waals surface area contributed by atoms with E-state index in [1.165, 1.54) is 32.7 Å². The van der Waals surface area contributed by atoms with Gasteiger partial charge in [0.25, 0.3) is 5.88 Å². The van der Waals surface area contributed by atoms with Gasteiger partial charge in [0.1, 0.15) is 12.1 Å².